The molecule has 3 nitrogen and oxygen atoms in total. The molecule has 0 amide bonds. The highest BCUT2D eigenvalue weighted by Gasteiger charge is 2.67. The summed E-state index contributed by atoms with van der Waals surface area (Å²) in [7, 11) is 0. The van der Waals surface area contributed by atoms with Gasteiger partial charge in [0.05, 0.1) is 0 Å². The van der Waals surface area contributed by atoms with Gasteiger partial charge < -0.3 is 4.74 Å². The Labute approximate surface area is 162 Å². The van der Waals surface area contributed by atoms with Crippen LogP contribution in [0.15, 0.2) is 23.8 Å². The SMILES string of the molecule is CC[C@@H]1CC2=CC(=O)CC[C@@H]2[C@H]2CC[C@@]3(CC)[C@@H](CC[C@@]34C=CC(=O)O4)[C@H]12. The normalized spacial score (nSPS) is 48.1. The van der Waals surface area contributed by atoms with Gasteiger partial charge in [-0.25, -0.2) is 4.79 Å². The largest absolute Gasteiger partial charge is 0.451 e. The van der Waals surface area contributed by atoms with Crippen molar-refractivity contribution in [1.82, 2.24) is 0 Å². The molecule has 0 saturated heterocycles. The van der Waals surface area contributed by atoms with Crippen LogP contribution in [0, 0.1) is 35.0 Å². The number of ketones is 1. The van der Waals surface area contributed by atoms with E-state index >= 15 is 0 Å². The summed E-state index contributed by atoms with van der Waals surface area (Å²) in [5, 5.41) is 0. The van der Waals surface area contributed by atoms with Crippen LogP contribution in [0.25, 0.3) is 0 Å². The maximum absolute atomic E-state index is 12.0. The van der Waals surface area contributed by atoms with E-state index in [0.29, 0.717) is 23.5 Å². The molecular formula is C24H32O3. The predicted octanol–water partition coefficient (Wildman–Crippen LogP) is 5.01. The quantitative estimate of drug-likeness (QED) is 0.644. The van der Waals surface area contributed by atoms with Crippen LogP contribution in [-0.2, 0) is 14.3 Å². The van der Waals surface area contributed by atoms with E-state index in [1.165, 1.54) is 31.3 Å². The summed E-state index contributed by atoms with van der Waals surface area (Å²) in [6.07, 6.45) is 15.6. The summed E-state index contributed by atoms with van der Waals surface area (Å²) >= 11 is 0. The van der Waals surface area contributed by atoms with Crippen LogP contribution in [0.2, 0.25) is 0 Å². The number of carbonyl (C=O) groups is 2. The molecule has 0 bridgehead atoms. The van der Waals surface area contributed by atoms with Gasteiger partial charge in [-0.1, -0.05) is 25.8 Å². The van der Waals surface area contributed by atoms with Crippen molar-refractivity contribution in [3.05, 3.63) is 23.8 Å². The van der Waals surface area contributed by atoms with Crippen molar-refractivity contribution in [3.63, 3.8) is 0 Å². The van der Waals surface area contributed by atoms with E-state index in [4.69, 9.17) is 4.74 Å². The fourth-order valence-electron chi connectivity index (χ4n) is 8.24. The molecule has 27 heavy (non-hydrogen) atoms. The molecule has 3 heteroatoms. The fourth-order valence-corrected chi connectivity index (χ4v) is 8.24. The minimum Gasteiger partial charge on any atom is -0.451 e. The number of carbonyl (C=O) groups excluding carboxylic acids is 2. The van der Waals surface area contributed by atoms with Crippen LogP contribution in [0.3, 0.4) is 0 Å². The van der Waals surface area contributed by atoms with Gasteiger partial charge >= 0.3 is 5.97 Å². The number of rotatable bonds is 2. The minimum atomic E-state index is -0.342. The zero-order valence-electron chi connectivity index (χ0n) is 16.7. The predicted molar refractivity (Wildman–Crippen MR) is 104 cm³/mol. The van der Waals surface area contributed by atoms with Crippen molar-refractivity contribution in [2.24, 2.45) is 35.0 Å². The monoisotopic (exact) mass is 368 g/mol. The molecule has 0 aromatic heterocycles. The van der Waals surface area contributed by atoms with Gasteiger partial charge in [0.15, 0.2) is 5.78 Å². The van der Waals surface area contributed by atoms with E-state index < -0.39 is 0 Å². The lowest BCUT2D eigenvalue weighted by Gasteiger charge is -2.58. The number of hydrogen-bond acceptors (Lipinski definition) is 3. The van der Waals surface area contributed by atoms with Crippen molar-refractivity contribution in [2.75, 3.05) is 0 Å². The molecule has 0 aromatic rings. The van der Waals surface area contributed by atoms with Crippen molar-refractivity contribution < 1.29 is 14.3 Å². The van der Waals surface area contributed by atoms with Gasteiger partial charge in [-0.05, 0) is 86.7 Å². The zero-order valence-corrected chi connectivity index (χ0v) is 16.7. The van der Waals surface area contributed by atoms with Gasteiger partial charge in [-0.2, -0.15) is 0 Å². The number of hydrogen-bond donors (Lipinski definition) is 0. The van der Waals surface area contributed by atoms with Crippen LogP contribution in [0.1, 0.15) is 71.6 Å². The first kappa shape index (κ1) is 17.7. The average Bonchev–Trinajstić information content (AvgIpc) is 3.21. The van der Waals surface area contributed by atoms with Crippen molar-refractivity contribution in [3.8, 4) is 0 Å². The second kappa shape index (κ2) is 6.06. The van der Waals surface area contributed by atoms with Crippen molar-refractivity contribution in [1.29, 1.82) is 0 Å². The number of ether oxygens (including phenoxy) is 1. The Bertz CT molecular complexity index is 734. The first-order valence-electron chi connectivity index (χ1n) is 11.2. The molecular weight excluding hydrogens is 336 g/mol. The molecule has 1 spiro atoms. The van der Waals surface area contributed by atoms with Crippen LogP contribution in [0.4, 0.5) is 0 Å². The van der Waals surface area contributed by atoms with Crippen LogP contribution >= 0.6 is 0 Å². The third-order valence-corrected chi connectivity index (χ3v) is 9.27. The second-order valence-electron chi connectivity index (χ2n) is 9.78. The molecule has 4 aliphatic carbocycles. The molecule has 1 heterocycles. The Kier molecular flexibility index (Phi) is 3.97. The summed E-state index contributed by atoms with van der Waals surface area (Å²) in [5.41, 5.74) is 1.24. The number of fused-ring (bicyclic) bond motifs is 6. The highest BCUT2D eigenvalue weighted by Crippen LogP contribution is 2.69. The highest BCUT2D eigenvalue weighted by molar-refractivity contribution is 5.91. The van der Waals surface area contributed by atoms with Gasteiger partial charge in [0.1, 0.15) is 5.60 Å². The van der Waals surface area contributed by atoms with E-state index in [1.54, 1.807) is 6.08 Å². The molecule has 0 radical (unpaired) electrons. The van der Waals surface area contributed by atoms with Crippen molar-refractivity contribution in [2.45, 2.75) is 77.2 Å². The summed E-state index contributed by atoms with van der Waals surface area (Å²) < 4.78 is 6.04. The first-order chi connectivity index (χ1) is 13.0. The molecule has 3 saturated carbocycles. The molecule has 146 valence electrons. The lowest BCUT2D eigenvalue weighted by atomic mass is 9.47. The maximum atomic E-state index is 12.0. The van der Waals surface area contributed by atoms with E-state index in [0.717, 1.165) is 43.9 Å². The van der Waals surface area contributed by atoms with E-state index in [-0.39, 0.29) is 17.0 Å². The molecule has 5 rings (SSSR count). The van der Waals surface area contributed by atoms with Crippen LogP contribution < -0.4 is 0 Å². The summed E-state index contributed by atoms with van der Waals surface area (Å²) in [5.74, 6) is 3.61. The van der Waals surface area contributed by atoms with Gasteiger partial charge in [0, 0.05) is 17.9 Å². The summed E-state index contributed by atoms with van der Waals surface area (Å²) in [6, 6.07) is 0. The number of allylic oxidation sites excluding steroid dienone is 1. The molecule has 0 N–H and O–H groups in total. The lowest BCUT2D eigenvalue weighted by Crippen LogP contribution is -2.55. The van der Waals surface area contributed by atoms with Crippen LogP contribution in [-0.4, -0.2) is 17.4 Å². The fraction of sp³-hybridized carbons (Fsp3) is 0.750. The molecule has 3 fully saturated rings. The Balaban J connectivity index is 1.54. The minimum absolute atomic E-state index is 0.121. The van der Waals surface area contributed by atoms with Gasteiger partial charge in [-0.3, -0.25) is 4.79 Å². The standard InChI is InChI=1S/C24H32O3/c1-3-15-13-16-14-17(25)5-6-18(16)19-7-10-23(4-2)20(22(15)19)8-11-24(23)12-9-21(26)27-24/h9,12,14-15,18-20,22H,3-8,10-11,13H2,1-2H3/t15-,18+,19-,20+,22-,23+,24-/m1/s1. The van der Waals surface area contributed by atoms with E-state index in [1.807, 2.05) is 6.08 Å². The summed E-state index contributed by atoms with van der Waals surface area (Å²) in [6.45, 7) is 4.64. The van der Waals surface area contributed by atoms with Crippen molar-refractivity contribution >= 4 is 11.8 Å². The topological polar surface area (TPSA) is 43.4 Å². The van der Waals surface area contributed by atoms with Gasteiger partial charge in [0.25, 0.3) is 0 Å². The highest BCUT2D eigenvalue weighted by atomic mass is 16.6. The Morgan fingerprint density at radius 1 is 1.15 bits per heavy atom. The Morgan fingerprint density at radius 3 is 2.70 bits per heavy atom. The first-order valence-corrected chi connectivity index (χ1v) is 11.2. The molecule has 1 aliphatic heterocycles. The third-order valence-electron chi connectivity index (χ3n) is 9.27. The Morgan fingerprint density at radius 2 is 2.00 bits per heavy atom. The molecule has 0 unspecified atom stereocenters. The second-order valence-corrected chi connectivity index (χ2v) is 9.78. The van der Waals surface area contributed by atoms with E-state index in [2.05, 4.69) is 19.9 Å². The Hall–Kier alpha value is -1.38. The smallest absolute Gasteiger partial charge is 0.331 e. The van der Waals surface area contributed by atoms with Gasteiger partial charge in [-0.15, -0.1) is 0 Å². The van der Waals surface area contributed by atoms with E-state index in [9.17, 15) is 9.59 Å². The lowest BCUT2D eigenvalue weighted by molar-refractivity contribution is -0.166. The molecule has 5 aliphatic rings. The molecule has 7 atom stereocenters. The third kappa shape index (κ3) is 2.26. The summed E-state index contributed by atoms with van der Waals surface area (Å²) in [4.78, 5) is 24.0. The molecule has 0 aromatic carbocycles. The maximum Gasteiger partial charge on any atom is 0.331 e. The van der Waals surface area contributed by atoms with Crippen LogP contribution in [0.5, 0.6) is 0 Å². The van der Waals surface area contributed by atoms with Gasteiger partial charge in [0.2, 0.25) is 0 Å². The average molecular weight is 369 g/mol. The zero-order chi connectivity index (χ0) is 18.8. The number of esters is 1.